The van der Waals surface area contributed by atoms with E-state index in [9.17, 15) is 9.59 Å². The first-order valence-electron chi connectivity index (χ1n) is 7.55. The van der Waals surface area contributed by atoms with E-state index in [4.69, 9.17) is 4.74 Å². The largest absolute Gasteiger partial charge is 0.463 e. The Kier molecular flexibility index (Phi) is 5.47. The van der Waals surface area contributed by atoms with Gasteiger partial charge in [0.25, 0.3) is 0 Å². The lowest BCUT2D eigenvalue weighted by atomic mass is 10.4. The number of aromatic nitrogens is 2. The number of ether oxygens (including phenoxy) is 1. The molecule has 3 heterocycles. The minimum Gasteiger partial charge on any atom is -0.463 e. The maximum Gasteiger partial charge on any atom is 0.333 e. The summed E-state index contributed by atoms with van der Waals surface area (Å²) in [4.78, 5) is 29.6. The predicted octanol–water partition coefficient (Wildman–Crippen LogP) is 2.41. The first-order chi connectivity index (χ1) is 11.7. The molecule has 3 rings (SSSR count). The van der Waals surface area contributed by atoms with Gasteiger partial charge in [-0.3, -0.25) is 9.20 Å². The van der Waals surface area contributed by atoms with Gasteiger partial charge in [0.2, 0.25) is 5.91 Å². The molecule has 24 heavy (non-hydrogen) atoms. The highest BCUT2D eigenvalue weighted by Crippen LogP contribution is 2.29. The van der Waals surface area contributed by atoms with Crippen LogP contribution >= 0.6 is 23.5 Å². The smallest absolute Gasteiger partial charge is 0.333 e. The lowest BCUT2D eigenvalue weighted by Gasteiger charge is -2.16. The molecular weight excluding hydrogens is 346 g/mol. The van der Waals surface area contributed by atoms with E-state index in [0.29, 0.717) is 29.7 Å². The number of hydrogen-bond acceptors (Lipinski definition) is 6. The van der Waals surface area contributed by atoms with Crippen molar-refractivity contribution in [2.24, 2.45) is 0 Å². The summed E-state index contributed by atoms with van der Waals surface area (Å²) < 4.78 is 6.93. The third kappa shape index (κ3) is 3.76. The molecule has 1 aliphatic heterocycles. The summed E-state index contributed by atoms with van der Waals surface area (Å²) in [5.41, 5.74) is 1.04. The molecule has 6 nitrogen and oxygen atoms in total. The van der Waals surface area contributed by atoms with Gasteiger partial charge in [0.15, 0.2) is 5.16 Å². The quantitative estimate of drug-likeness (QED) is 0.446. The van der Waals surface area contributed by atoms with E-state index < -0.39 is 5.97 Å². The van der Waals surface area contributed by atoms with Crippen LogP contribution < -0.4 is 0 Å². The Bertz CT molecular complexity index is 788. The maximum atomic E-state index is 12.0. The van der Waals surface area contributed by atoms with E-state index in [1.807, 2.05) is 35.0 Å². The Morgan fingerprint density at radius 3 is 3.21 bits per heavy atom. The van der Waals surface area contributed by atoms with Crippen LogP contribution in [0.5, 0.6) is 0 Å². The highest BCUT2D eigenvalue weighted by molar-refractivity contribution is 8.04. The molecule has 2 aromatic rings. The molecule has 0 saturated carbocycles. The van der Waals surface area contributed by atoms with Crippen LogP contribution in [0.15, 0.2) is 46.9 Å². The van der Waals surface area contributed by atoms with Crippen LogP contribution in [0.2, 0.25) is 0 Å². The second kappa shape index (κ2) is 7.76. The number of rotatable bonds is 6. The summed E-state index contributed by atoms with van der Waals surface area (Å²) in [5.74, 6) is 0.665. The van der Waals surface area contributed by atoms with Gasteiger partial charge in [0.1, 0.15) is 0 Å². The topological polar surface area (TPSA) is 63.9 Å². The van der Waals surface area contributed by atoms with Crippen LogP contribution in [-0.4, -0.2) is 50.8 Å². The second-order valence-corrected chi connectivity index (χ2v) is 7.01. The van der Waals surface area contributed by atoms with Gasteiger partial charge in [-0.25, -0.2) is 9.78 Å². The molecule has 126 valence electrons. The van der Waals surface area contributed by atoms with E-state index in [-0.39, 0.29) is 5.91 Å². The summed E-state index contributed by atoms with van der Waals surface area (Å²) in [6, 6.07) is 5.93. The Morgan fingerprint density at radius 2 is 2.38 bits per heavy atom. The minimum atomic E-state index is -0.411. The monoisotopic (exact) mass is 363 g/mol. The van der Waals surface area contributed by atoms with Crippen molar-refractivity contribution < 1.29 is 14.3 Å². The van der Waals surface area contributed by atoms with Gasteiger partial charge in [-0.15, -0.1) is 0 Å². The molecular formula is C16H17N3O3S2. The number of amides is 1. The number of imidazole rings is 1. The third-order valence-corrected chi connectivity index (χ3v) is 5.36. The third-order valence-electron chi connectivity index (χ3n) is 3.39. The first kappa shape index (κ1) is 16.9. The SMILES string of the molecule is CCOC(=O)C=C1SCC(=O)N1CCSc1ncc2ccccn12. The summed E-state index contributed by atoms with van der Waals surface area (Å²) in [6.07, 6.45) is 5.19. The fourth-order valence-corrected chi connectivity index (χ4v) is 4.15. The van der Waals surface area contributed by atoms with Crippen LogP contribution in [-0.2, 0) is 14.3 Å². The lowest BCUT2D eigenvalue weighted by molar-refractivity contribution is -0.137. The lowest BCUT2D eigenvalue weighted by Crippen LogP contribution is -2.27. The van der Waals surface area contributed by atoms with Gasteiger partial charge in [0.05, 0.1) is 35.2 Å². The Balaban J connectivity index is 1.62. The van der Waals surface area contributed by atoms with Crippen molar-refractivity contribution in [1.29, 1.82) is 0 Å². The first-order valence-corrected chi connectivity index (χ1v) is 9.52. The molecule has 0 radical (unpaired) electrons. The molecule has 0 bridgehead atoms. The normalized spacial score (nSPS) is 16.3. The van der Waals surface area contributed by atoms with Gasteiger partial charge in [-0.2, -0.15) is 0 Å². The zero-order chi connectivity index (χ0) is 16.9. The summed E-state index contributed by atoms with van der Waals surface area (Å²) in [5, 5.41) is 1.55. The summed E-state index contributed by atoms with van der Waals surface area (Å²) in [7, 11) is 0. The van der Waals surface area contributed by atoms with Crippen molar-refractivity contribution in [3.63, 3.8) is 0 Å². The Labute approximate surface area is 148 Å². The van der Waals surface area contributed by atoms with Crippen LogP contribution in [0.3, 0.4) is 0 Å². The molecule has 0 N–H and O–H groups in total. The number of pyridine rings is 1. The number of thioether (sulfide) groups is 2. The molecule has 2 aromatic heterocycles. The number of carbonyl (C=O) groups excluding carboxylic acids is 2. The minimum absolute atomic E-state index is 0.0177. The molecule has 0 spiro atoms. The van der Waals surface area contributed by atoms with Crippen LogP contribution in [0.4, 0.5) is 0 Å². The van der Waals surface area contributed by atoms with Crippen molar-refractivity contribution in [2.75, 3.05) is 24.7 Å². The average molecular weight is 363 g/mol. The summed E-state index contributed by atoms with van der Waals surface area (Å²) >= 11 is 2.95. The summed E-state index contributed by atoms with van der Waals surface area (Å²) in [6.45, 7) is 2.61. The number of nitrogens with zero attached hydrogens (tertiary/aromatic N) is 3. The molecule has 1 amide bonds. The molecule has 0 unspecified atom stereocenters. The highest BCUT2D eigenvalue weighted by atomic mass is 32.2. The molecule has 0 aromatic carbocycles. The maximum absolute atomic E-state index is 12.0. The van der Waals surface area contributed by atoms with E-state index in [1.54, 1.807) is 23.6 Å². The molecule has 8 heteroatoms. The fourth-order valence-electron chi connectivity index (χ4n) is 2.31. The number of hydrogen-bond donors (Lipinski definition) is 0. The Morgan fingerprint density at radius 1 is 1.50 bits per heavy atom. The molecule has 1 aliphatic rings. The van der Waals surface area contributed by atoms with E-state index in [1.165, 1.54) is 17.8 Å². The molecule has 1 fully saturated rings. The Hall–Kier alpha value is -1.93. The average Bonchev–Trinajstić information content (AvgIpc) is 3.13. The molecule has 0 aliphatic carbocycles. The van der Waals surface area contributed by atoms with Gasteiger partial charge in [-0.1, -0.05) is 29.6 Å². The van der Waals surface area contributed by atoms with Crippen LogP contribution in [0.1, 0.15) is 6.92 Å². The van der Waals surface area contributed by atoms with Crippen molar-refractivity contribution in [1.82, 2.24) is 14.3 Å². The van der Waals surface area contributed by atoms with E-state index >= 15 is 0 Å². The van der Waals surface area contributed by atoms with Crippen LogP contribution in [0.25, 0.3) is 5.52 Å². The van der Waals surface area contributed by atoms with Gasteiger partial charge >= 0.3 is 5.97 Å². The zero-order valence-electron chi connectivity index (χ0n) is 13.2. The standard InChI is InChI=1S/C16H17N3O3S2/c1-2-22-15(21)9-14-19(13(20)11-24-14)7-8-23-16-17-10-12-5-3-4-6-18(12)16/h3-6,9-10H,2,7-8,11H2,1H3. The van der Waals surface area contributed by atoms with Crippen molar-refractivity contribution in [2.45, 2.75) is 12.1 Å². The van der Waals surface area contributed by atoms with E-state index in [2.05, 4.69) is 4.98 Å². The van der Waals surface area contributed by atoms with Gasteiger partial charge in [-0.05, 0) is 19.1 Å². The highest BCUT2D eigenvalue weighted by Gasteiger charge is 2.27. The zero-order valence-corrected chi connectivity index (χ0v) is 14.8. The van der Waals surface area contributed by atoms with Crippen molar-refractivity contribution in [3.05, 3.63) is 41.7 Å². The van der Waals surface area contributed by atoms with Gasteiger partial charge < -0.3 is 9.64 Å². The van der Waals surface area contributed by atoms with Crippen LogP contribution in [0, 0.1) is 0 Å². The fraction of sp³-hybridized carbons (Fsp3) is 0.312. The predicted molar refractivity (Wildman–Crippen MR) is 94.8 cm³/mol. The number of carbonyl (C=O) groups is 2. The number of fused-ring (bicyclic) bond motifs is 1. The van der Waals surface area contributed by atoms with Crippen molar-refractivity contribution >= 4 is 40.9 Å². The van der Waals surface area contributed by atoms with Crippen molar-refractivity contribution in [3.8, 4) is 0 Å². The molecule has 1 saturated heterocycles. The van der Waals surface area contributed by atoms with Gasteiger partial charge in [0, 0.05) is 18.5 Å². The number of esters is 1. The molecule has 0 atom stereocenters. The van der Waals surface area contributed by atoms with E-state index in [0.717, 1.165) is 10.7 Å². The second-order valence-electron chi connectivity index (χ2n) is 4.95.